The second-order valence-electron chi connectivity index (χ2n) is 7.17. The molecule has 1 fully saturated rings. The van der Waals surface area contributed by atoms with Crippen LogP contribution in [-0.2, 0) is 17.6 Å². The van der Waals surface area contributed by atoms with E-state index in [1.807, 2.05) is 23.1 Å². The molecular formula is C23H23FN2O2. The van der Waals surface area contributed by atoms with E-state index in [0.717, 1.165) is 25.8 Å². The van der Waals surface area contributed by atoms with Gasteiger partial charge in [0, 0.05) is 25.4 Å². The smallest absolute Gasteiger partial charge is 0.223 e. The average molecular weight is 378 g/mol. The summed E-state index contributed by atoms with van der Waals surface area (Å²) < 4.78 is 19.5. The number of oxazole rings is 1. The van der Waals surface area contributed by atoms with Gasteiger partial charge >= 0.3 is 0 Å². The number of benzene rings is 2. The number of aryl methyl sites for hydroxylation is 1. The zero-order valence-electron chi connectivity index (χ0n) is 15.7. The minimum Gasteiger partial charge on any atom is -0.441 e. The molecule has 0 aliphatic carbocycles. The van der Waals surface area contributed by atoms with Crippen LogP contribution in [0.3, 0.4) is 0 Å². The number of nitrogens with zero attached hydrogens (tertiary/aromatic N) is 2. The summed E-state index contributed by atoms with van der Waals surface area (Å²) in [7, 11) is 0. The second kappa shape index (κ2) is 8.38. The first kappa shape index (κ1) is 18.4. The third-order valence-corrected chi connectivity index (χ3v) is 5.26. The molecule has 1 aliphatic rings. The normalized spacial score (nSPS) is 16.5. The van der Waals surface area contributed by atoms with Crippen molar-refractivity contribution in [1.29, 1.82) is 0 Å². The highest BCUT2D eigenvalue weighted by Gasteiger charge is 2.28. The molecule has 0 bridgehead atoms. The lowest BCUT2D eigenvalue weighted by atomic mass is 10.0. The van der Waals surface area contributed by atoms with E-state index in [-0.39, 0.29) is 17.8 Å². The highest BCUT2D eigenvalue weighted by atomic mass is 19.1. The van der Waals surface area contributed by atoms with Gasteiger partial charge in [0.1, 0.15) is 5.82 Å². The molecule has 1 amide bonds. The minimum atomic E-state index is -0.345. The lowest BCUT2D eigenvalue weighted by Gasteiger charge is -2.24. The Hall–Kier alpha value is -2.95. The van der Waals surface area contributed by atoms with Crippen LogP contribution in [0.5, 0.6) is 0 Å². The maximum Gasteiger partial charge on any atom is 0.223 e. The van der Waals surface area contributed by atoms with Crippen LogP contribution < -0.4 is 0 Å². The molecule has 2 aromatic carbocycles. The summed E-state index contributed by atoms with van der Waals surface area (Å²) in [5, 5.41) is 0. The van der Waals surface area contributed by atoms with Crippen LogP contribution in [-0.4, -0.2) is 28.4 Å². The van der Waals surface area contributed by atoms with Crippen LogP contribution in [0.25, 0.3) is 11.3 Å². The van der Waals surface area contributed by atoms with Gasteiger partial charge in [-0.05, 0) is 37.0 Å². The number of aromatic nitrogens is 1. The van der Waals surface area contributed by atoms with Crippen LogP contribution in [0.15, 0.2) is 65.2 Å². The molecule has 1 aromatic heterocycles. The van der Waals surface area contributed by atoms with Gasteiger partial charge in [-0.15, -0.1) is 0 Å². The maximum atomic E-state index is 13.9. The summed E-state index contributed by atoms with van der Waals surface area (Å²) in [4.78, 5) is 19.0. The molecule has 5 heteroatoms. The predicted octanol–water partition coefficient (Wildman–Crippen LogP) is 4.65. The first-order chi connectivity index (χ1) is 13.7. The van der Waals surface area contributed by atoms with E-state index in [1.54, 1.807) is 18.2 Å². The lowest BCUT2D eigenvalue weighted by Crippen LogP contribution is -2.36. The molecule has 0 N–H and O–H groups in total. The van der Waals surface area contributed by atoms with Crippen LogP contribution in [0.4, 0.5) is 4.39 Å². The maximum absolute atomic E-state index is 13.9. The zero-order valence-corrected chi connectivity index (χ0v) is 15.7. The Kier molecular flexibility index (Phi) is 5.51. The van der Waals surface area contributed by atoms with Gasteiger partial charge in [0.2, 0.25) is 5.91 Å². The zero-order chi connectivity index (χ0) is 19.3. The van der Waals surface area contributed by atoms with Crippen molar-refractivity contribution in [2.45, 2.75) is 38.1 Å². The molecule has 1 unspecified atom stereocenters. The standard InChI is InChI=1S/C23H23FN2O2/c24-20-11-5-4-10-19(20)21-16-25-22(28-21)12-13-23(27)26-14-6-9-18(26)15-17-7-2-1-3-8-17/h1-5,7-8,10-11,16,18H,6,9,12-15H2. The fraction of sp³-hybridized carbons (Fsp3) is 0.304. The Morgan fingerprint density at radius 3 is 2.75 bits per heavy atom. The largest absolute Gasteiger partial charge is 0.441 e. The van der Waals surface area contributed by atoms with Crippen LogP contribution in [0.1, 0.15) is 30.7 Å². The van der Waals surface area contributed by atoms with Crippen molar-refractivity contribution in [1.82, 2.24) is 9.88 Å². The summed E-state index contributed by atoms with van der Waals surface area (Å²) in [6, 6.07) is 17.0. The topological polar surface area (TPSA) is 46.3 Å². The molecule has 0 saturated carbocycles. The second-order valence-corrected chi connectivity index (χ2v) is 7.17. The van der Waals surface area contributed by atoms with Crippen molar-refractivity contribution in [3.8, 4) is 11.3 Å². The Bertz CT molecular complexity index is 939. The van der Waals surface area contributed by atoms with Crippen molar-refractivity contribution in [3.05, 3.63) is 78.1 Å². The van der Waals surface area contributed by atoms with Crippen molar-refractivity contribution >= 4 is 5.91 Å². The Morgan fingerprint density at radius 2 is 1.93 bits per heavy atom. The summed E-state index contributed by atoms with van der Waals surface area (Å²) in [6.45, 7) is 0.808. The summed E-state index contributed by atoms with van der Waals surface area (Å²) >= 11 is 0. The average Bonchev–Trinajstić information content (AvgIpc) is 3.37. The molecule has 0 radical (unpaired) electrons. The van der Waals surface area contributed by atoms with E-state index in [2.05, 4.69) is 17.1 Å². The van der Waals surface area contributed by atoms with Crippen molar-refractivity contribution in [3.63, 3.8) is 0 Å². The summed E-state index contributed by atoms with van der Waals surface area (Å²) in [6.07, 6.45) is 5.26. The van der Waals surface area contributed by atoms with E-state index >= 15 is 0 Å². The number of halogens is 1. The third kappa shape index (κ3) is 4.14. The highest BCUT2D eigenvalue weighted by Crippen LogP contribution is 2.25. The number of carbonyl (C=O) groups excluding carboxylic acids is 1. The molecule has 0 spiro atoms. The molecule has 4 nitrogen and oxygen atoms in total. The first-order valence-electron chi connectivity index (χ1n) is 9.74. The van der Waals surface area contributed by atoms with Crippen molar-refractivity contribution in [2.24, 2.45) is 0 Å². The summed E-state index contributed by atoms with van der Waals surface area (Å²) in [5.41, 5.74) is 1.64. The van der Waals surface area contributed by atoms with Crippen LogP contribution in [0, 0.1) is 5.82 Å². The van der Waals surface area contributed by atoms with Gasteiger partial charge in [-0.3, -0.25) is 4.79 Å². The third-order valence-electron chi connectivity index (χ3n) is 5.26. The Balaban J connectivity index is 1.36. The van der Waals surface area contributed by atoms with E-state index in [1.165, 1.54) is 17.8 Å². The van der Waals surface area contributed by atoms with Gasteiger partial charge in [0.05, 0.1) is 11.8 Å². The monoisotopic (exact) mass is 378 g/mol. The number of hydrogen-bond donors (Lipinski definition) is 0. The number of rotatable bonds is 6. The van der Waals surface area contributed by atoms with Crippen molar-refractivity contribution < 1.29 is 13.6 Å². The van der Waals surface area contributed by atoms with Gasteiger partial charge in [-0.25, -0.2) is 9.37 Å². The SMILES string of the molecule is O=C(CCc1ncc(-c2ccccc2F)o1)N1CCCC1Cc1ccccc1. The van der Waals surface area contributed by atoms with E-state index in [0.29, 0.717) is 30.1 Å². The molecule has 3 aromatic rings. The number of likely N-dealkylation sites (tertiary alicyclic amines) is 1. The van der Waals surface area contributed by atoms with Gasteiger partial charge in [-0.2, -0.15) is 0 Å². The number of hydrogen-bond acceptors (Lipinski definition) is 3. The van der Waals surface area contributed by atoms with Gasteiger partial charge in [0.15, 0.2) is 11.7 Å². The van der Waals surface area contributed by atoms with E-state index in [9.17, 15) is 9.18 Å². The Labute approximate surface area is 164 Å². The molecule has 28 heavy (non-hydrogen) atoms. The van der Waals surface area contributed by atoms with Gasteiger partial charge in [-0.1, -0.05) is 42.5 Å². The molecule has 1 saturated heterocycles. The number of carbonyl (C=O) groups is 1. The van der Waals surface area contributed by atoms with E-state index in [4.69, 9.17) is 4.42 Å². The Morgan fingerprint density at radius 1 is 1.14 bits per heavy atom. The molecule has 1 atom stereocenters. The van der Waals surface area contributed by atoms with Gasteiger partial charge in [0.25, 0.3) is 0 Å². The van der Waals surface area contributed by atoms with Crippen LogP contribution in [0.2, 0.25) is 0 Å². The highest BCUT2D eigenvalue weighted by molar-refractivity contribution is 5.77. The lowest BCUT2D eigenvalue weighted by molar-refractivity contribution is -0.132. The fourth-order valence-electron chi connectivity index (χ4n) is 3.83. The van der Waals surface area contributed by atoms with E-state index < -0.39 is 0 Å². The summed E-state index contributed by atoms with van der Waals surface area (Å²) in [5.74, 6) is 0.639. The van der Waals surface area contributed by atoms with Gasteiger partial charge < -0.3 is 9.32 Å². The quantitative estimate of drug-likeness (QED) is 0.627. The van der Waals surface area contributed by atoms with Crippen molar-refractivity contribution in [2.75, 3.05) is 6.54 Å². The molecule has 144 valence electrons. The minimum absolute atomic E-state index is 0.129. The molecule has 2 heterocycles. The predicted molar refractivity (Wildman–Crippen MR) is 105 cm³/mol. The van der Waals surface area contributed by atoms with Crippen LogP contribution >= 0.6 is 0 Å². The molecular weight excluding hydrogens is 355 g/mol. The molecule has 4 rings (SSSR count). The molecule has 1 aliphatic heterocycles. The fourth-order valence-corrected chi connectivity index (χ4v) is 3.83. The first-order valence-corrected chi connectivity index (χ1v) is 9.74. The number of amides is 1.